The van der Waals surface area contributed by atoms with Crippen LogP contribution in [0.2, 0.25) is 0 Å². The van der Waals surface area contributed by atoms with Gasteiger partial charge >= 0.3 is 44.9 Å². The molecule has 842 valence electrons. The fourth-order valence-electron chi connectivity index (χ4n) is 21.6. The topological polar surface area (TPSA) is 496 Å². The number of alkyl halides is 8. The standard InChI is InChI=1S/2C24H40F2O7S.C14H10.C10H8.4C6H14O.2C5H8F2O5S/c1-6-22(28,7-2)20-11-17-10-19(13-20,14-21(12-17,15-20)23(29,8-3)9-4)18(27)33-16(5)24(25,26)34(30,31)32;1-6-22(28,7-2)20-11-16-10-17(13-20)18(21(12-16,14-20)23(29,8-3)9-4)19(27)33-15(5)24(25,26)34(30,31)32;1-2-6-12-10-14-8-4-3-7-13(14)9-11(12)5-1;1-2-6-10-8-4-3-7-9(10)5-1;4*1-4-6(3,7)5-2;2*1-3(12-4(2)8)5(6,7)13(9,10)11/h16-17,28-29H,6-15H2,1-5H3,(H,30,31,32);15-18,28-29H,6-14H2,1-5H3,(H,30,31,32);1-10H;1-8H;4*7H,4-5H2,1-3H3;2*3H,1-2H3,(H,9,10,11)/p-4. The number of benzene rings is 5. The monoisotopic (exact) mass is 2170 g/mol. The van der Waals surface area contributed by atoms with Gasteiger partial charge in [0, 0.05) is 35.5 Å². The summed E-state index contributed by atoms with van der Waals surface area (Å²) < 4.78 is 251. The van der Waals surface area contributed by atoms with Gasteiger partial charge in [-0.25, -0.2) is 33.7 Å². The molecule has 40 heteroatoms. The van der Waals surface area contributed by atoms with E-state index in [1.807, 2.05) is 138 Å². The number of carbonyl (C=O) groups is 4. The Labute approximate surface area is 861 Å². The zero-order valence-electron chi connectivity index (χ0n) is 90.0. The lowest BCUT2D eigenvalue weighted by molar-refractivity contribution is -0.282. The van der Waals surface area contributed by atoms with Crippen molar-refractivity contribution in [1.82, 2.24) is 0 Å². The van der Waals surface area contributed by atoms with Crippen LogP contribution in [0.25, 0.3) is 32.3 Å². The van der Waals surface area contributed by atoms with E-state index in [1.165, 1.54) is 32.3 Å². The highest BCUT2D eigenvalue weighted by Crippen LogP contribution is 2.77. The first-order valence-corrected chi connectivity index (χ1v) is 56.4. The van der Waals surface area contributed by atoms with Crippen LogP contribution in [0, 0.1) is 50.7 Å². The van der Waals surface area contributed by atoms with Gasteiger partial charge in [-0.3, -0.25) is 19.2 Å². The summed E-state index contributed by atoms with van der Waals surface area (Å²) >= 11 is 0. The summed E-state index contributed by atoms with van der Waals surface area (Å²) in [6.45, 7) is 42.7. The quantitative estimate of drug-likeness (QED) is 0.00623. The summed E-state index contributed by atoms with van der Waals surface area (Å²) in [5.74, 6) is -5.20. The average Bonchev–Trinajstić information content (AvgIpc) is 0.673. The minimum absolute atomic E-state index is 0.0166. The first-order valence-electron chi connectivity index (χ1n) is 50.7. The summed E-state index contributed by atoms with van der Waals surface area (Å²) in [7, 11) is -23.7. The van der Waals surface area contributed by atoms with E-state index in [-0.39, 0.29) is 30.6 Å². The van der Waals surface area contributed by atoms with E-state index >= 15 is 0 Å². The van der Waals surface area contributed by atoms with Crippen LogP contribution in [-0.2, 0) is 78.6 Å². The number of hydrogen-bond acceptors (Lipinski definition) is 28. The molecule has 8 saturated carbocycles. The number of hydrogen-bond donors (Lipinski definition) is 8. The molecule has 11 atom stereocenters. The first kappa shape index (κ1) is 136. The molecular formula is C106H166F8O28S4-4. The Morgan fingerprint density at radius 2 is 0.568 bits per heavy atom. The van der Waals surface area contributed by atoms with Gasteiger partial charge < -0.3 is 78.0 Å². The van der Waals surface area contributed by atoms with E-state index in [0.29, 0.717) is 130 Å². The van der Waals surface area contributed by atoms with E-state index in [0.717, 1.165) is 71.6 Å². The predicted octanol–water partition coefficient (Wildman–Crippen LogP) is 21.3. The molecule has 0 radical (unpaired) electrons. The molecule has 146 heavy (non-hydrogen) atoms. The number of esters is 4. The molecule has 28 nitrogen and oxygen atoms in total. The zero-order chi connectivity index (χ0) is 114. The Bertz CT molecular complexity index is 5120. The first-order chi connectivity index (χ1) is 66.5. The number of rotatable bonds is 34. The number of fused-ring (bicyclic) bond motifs is 3. The maximum Gasteiger partial charge on any atom is 0.369 e. The summed E-state index contributed by atoms with van der Waals surface area (Å²) in [6, 6.07) is 38.1. The van der Waals surface area contributed by atoms with Gasteiger partial charge in [-0.15, -0.1) is 0 Å². The van der Waals surface area contributed by atoms with Crippen molar-refractivity contribution in [2.45, 2.75) is 444 Å². The lowest BCUT2D eigenvalue weighted by Crippen LogP contribution is -2.71. The van der Waals surface area contributed by atoms with Gasteiger partial charge in [0.15, 0.2) is 64.9 Å². The van der Waals surface area contributed by atoms with Gasteiger partial charge in [-0.05, 0) is 291 Å². The summed E-state index contributed by atoms with van der Waals surface area (Å²) in [5.41, 5.74) is -10.3. The van der Waals surface area contributed by atoms with Crippen LogP contribution in [0.5, 0.6) is 0 Å². The van der Waals surface area contributed by atoms with Crippen LogP contribution >= 0.6 is 0 Å². The van der Waals surface area contributed by atoms with Crippen molar-refractivity contribution in [2.24, 2.45) is 50.7 Å². The minimum Gasteiger partial charge on any atom is -0.743 e. The van der Waals surface area contributed by atoms with Crippen LogP contribution < -0.4 is 0 Å². The summed E-state index contributed by atoms with van der Waals surface area (Å²) in [6.07, 6.45) is 6.34. The Balaban J connectivity index is 0.000000587. The molecule has 11 unspecified atom stereocenters. The van der Waals surface area contributed by atoms with Crippen molar-refractivity contribution in [3.05, 3.63) is 109 Å². The van der Waals surface area contributed by atoms with Crippen LogP contribution in [0.3, 0.4) is 0 Å². The maximum absolute atomic E-state index is 14.1. The van der Waals surface area contributed by atoms with Crippen molar-refractivity contribution >= 4 is 96.7 Å². The van der Waals surface area contributed by atoms with E-state index in [9.17, 15) is 127 Å². The van der Waals surface area contributed by atoms with Gasteiger partial charge in [-0.2, -0.15) is 35.1 Å². The molecule has 0 saturated heterocycles. The highest BCUT2D eigenvalue weighted by Gasteiger charge is 2.76. The fraction of sp³-hybridized carbons (Fsp3) is 0.736. The number of carbonyl (C=O) groups excluding carboxylic acids is 4. The third-order valence-corrected chi connectivity index (χ3v) is 36.5. The molecule has 8 N–H and O–H groups in total. The predicted molar refractivity (Wildman–Crippen MR) is 541 cm³/mol. The van der Waals surface area contributed by atoms with Crippen LogP contribution in [0.15, 0.2) is 109 Å². The third-order valence-electron chi connectivity index (χ3n) is 32.5. The average molecular weight is 2170 g/mol. The lowest BCUT2D eigenvalue weighted by Gasteiger charge is -2.71. The second kappa shape index (κ2) is 52.9. The van der Waals surface area contributed by atoms with E-state index in [2.05, 4.69) is 119 Å². The molecule has 0 amide bonds. The van der Waals surface area contributed by atoms with Crippen molar-refractivity contribution in [1.29, 1.82) is 0 Å². The fourth-order valence-corrected chi connectivity index (χ4v) is 23.4. The van der Waals surface area contributed by atoms with Crippen molar-refractivity contribution in [2.75, 3.05) is 0 Å². The molecule has 5 aromatic rings. The molecule has 8 aliphatic rings. The van der Waals surface area contributed by atoms with Gasteiger partial charge in [0.1, 0.15) is 0 Å². The molecule has 13 rings (SSSR count). The van der Waals surface area contributed by atoms with E-state index < -0.39 is 188 Å². The minimum atomic E-state index is -6.03. The van der Waals surface area contributed by atoms with Gasteiger partial charge in [0.2, 0.25) is 0 Å². The second-order valence-corrected chi connectivity index (χ2v) is 47.6. The molecule has 8 bridgehead atoms. The molecular weight excluding hydrogens is 2000 g/mol. The number of ether oxygens (including phenoxy) is 4. The Hall–Kier alpha value is -6.48. The van der Waals surface area contributed by atoms with Crippen LogP contribution in [-0.4, -0.2) is 207 Å². The summed E-state index contributed by atoms with van der Waals surface area (Å²) in [5, 5.41) is 72.8. The molecule has 0 spiro atoms. The maximum atomic E-state index is 14.1. The van der Waals surface area contributed by atoms with E-state index in [4.69, 9.17) is 29.9 Å². The highest BCUT2D eigenvalue weighted by atomic mass is 32.2. The normalized spacial score (nSPS) is 22.9. The third kappa shape index (κ3) is 32.8. The van der Waals surface area contributed by atoms with Crippen LogP contribution in [0.1, 0.15) is 353 Å². The Morgan fingerprint density at radius 1 is 0.329 bits per heavy atom. The van der Waals surface area contributed by atoms with Gasteiger partial charge in [0.05, 0.1) is 56.1 Å². The van der Waals surface area contributed by atoms with Crippen molar-refractivity contribution < 1.29 is 166 Å². The van der Waals surface area contributed by atoms with Gasteiger partial charge in [0.25, 0.3) is 0 Å². The highest BCUT2D eigenvalue weighted by molar-refractivity contribution is 7.87. The molecule has 5 aromatic carbocycles. The van der Waals surface area contributed by atoms with Gasteiger partial charge in [-0.1, -0.05) is 208 Å². The Morgan fingerprint density at radius 3 is 0.808 bits per heavy atom. The van der Waals surface area contributed by atoms with E-state index in [1.54, 1.807) is 0 Å². The lowest BCUT2D eigenvalue weighted by atomic mass is 9.33. The molecule has 0 aromatic heterocycles. The molecule has 8 aliphatic carbocycles. The van der Waals surface area contributed by atoms with Crippen molar-refractivity contribution in [3.63, 3.8) is 0 Å². The zero-order valence-corrected chi connectivity index (χ0v) is 93.3. The Kier molecular flexibility index (Phi) is 49.1. The molecule has 0 aliphatic heterocycles. The SMILES string of the molecule is CC(=O)OC(C)C(F)(F)S(=O)(=O)[O-].CC(=O)OC(C)C(F)(F)S(=O)(=O)[O-].CCC(C)(O)CC.CCC(C)(O)CC.CCC(C)(O)CC.CCC(C)(O)CC.CCC(O)(CC)C12CC3CC(C(=O)OC(C)C(F)(F)S(=O)(=O)[O-])(C1)CC(C(O)(CC)CC)(C3)C2.CCC(O)(CC)C12CC3CC(C1)C(C(=O)OC(C)C(F)(F)S(=O)(=O)[O-])C(C(O)(CC)CC)(C3)C2.c1ccc2cc3ccccc3cc2c1.c1ccc2ccccc2c1. The van der Waals surface area contributed by atoms with Crippen molar-refractivity contribution in [3.8, 4) is 0 Å². The smallest absolute Gasteiger partial charge is 0.369 e. The summed E-state index contributed by atoms with van der Waals surface area (Å²) in [4.78, 5) is 47.4. The second-order valence-electron chi connectivity index (χ2n) is 41.8. The number of halogens is 8. The molecule has 8 fully saturated rings. The number of aliphatic hydroxyl groups is 8. The van der Waals surface area contributed by atoms with Crippen LogP contribution in [0.4, 0.5) is 35.1 Å². The largest absolute Gasteiger partial charge is 0.743 e. The molecule has 0 heterocycles.